The Morgan fingerprint density at radius 3 is 1.67 bits per heavy atom. The van der Waals surface area contributed by atoms with Crippen molar-refractivity contribution in [3.8, 4) is 5.75 Å². The van der Waals surface area contributed by atoms with Crippen molar-refractivity contribution in [3.63, 3.8) is 0 Å². The van der Waals surface area contributed by atoms with Crippen LogP contribution in [0.3, 0.4) is 0 Å². The molecule has 0 heterocycles. The minimum absolute atomic E-state index is 0.141. The second kappa shape index (κ2) is 8.76. The lowest BCUT2D eigenvalue weighted by molar-refractivity contribution is 0.414. The second-order valence-corrected chi connectivity index (χ2v) is 5.58. The van der Waals surface area contributed by atoms with Crippen molar-refractivity contribution in [2.75, 3.05) is 28.3 Å². The largest absolute Gasteiger partial charge is 0.497 e. The average molecular weight is 302 g/mol. The van der Waals surface area contributed by atoms with E-state index in [4.69, 9.17) is 24.2 Å². The second-order valence-electron chi connectivity index (χ2n) is 5.14. The number of rotatable bonds is 3. The van der Waals surface area contributed by atoms with Gasteiger partial charge in [-0.3, -0.25) is 0 Å². The van der Waals surface area contributed by atoms with E-state index in [1.165, 1.54) is 0 Å². The van der Waals surface area contributed by atoms with E-state index in [0.29, 0.717) is 0 Å². The molecule has 0 fully saturated rings. The highest BCUT2D eigenvalue weighted by Crippen LogP contribution is 2.24. The maximum atomic E-state index is 6.17. The van der Waals surface area contributed by atoms with Gasteiger partial charge in [0.15, 0.2) is 0 Å². The van der Waals surface area contributed by atoms with Crippen molar-refractivity contribution < 1.29 is 4.74 Å². The smallest absolute Gasteiger partial charge is 0.118 e. The Labute approximate surface area is 134 Å². The summed E-state index contributed by atoms with van der Waals surface area (Å²) in [5, 5.41) is 0.718. The maximum absolute atomic E-state index is 6.17. The standard InChI is InChI=1S/C14H12BClO.C3H9N/c1-17-13-8-4-11(5-9-13)14(15)10-2-6-12(16)7-3-10;1-4(2)3/h2-9,14H,1H3;1-3H3. The van der Waals surface area contributed by atoms with Gasteiger partial charge in [0.25, 0.3) is 0 Å². The van der Waals surface area contributed by atoms with Gasteiger partial charge >= 0.3 is 0 Å². The van der Waals surface area contributed by atoms with Gasteiger partial charge in [-0.25, -0.2) is 0 Å². The summed E-state index contributed by atoms with van der Waals surface area (Å²) in [6.45, 7) is 0. The minimum Gasteiger partial charge on any atom is -0.497 e. The molecule has 1 unspecified atom stereocenters. The highest BCUT2D eigenvalue weighted by Gasteiger charge is 2.07. The van der Waals surface area contributed by atoms with Gasteiger partial charge in [0.1, 0.15) is 5.75 Å². The molecular weight excluding hydrogens is 280 g/mol. The molecule has 0 aromatic heterocycles. The molecule has 0 spiro atoms. The quantitative estimate of drug-likeness (QED) is 0.800. The van der Waals surface area contributed by atoms with Crippen LogP contribution in [0.4, 0.5) is 0 Å². The fraction of sp³-hybridized carbons (Fsp3) is 0.294. The van der Waals surface area contributed by atoms with Crippen molar-refractivity contribution in [2.45, 2.75) is 5.82 Å². The molecule has 0 aliphatic heterocycles. The molecule has 0 saturated heterocycles. The van der Waals surface area contributed by atoms with Crippen LogP contribution in [0.1, 0.15) is 16.9 Å². The first-order chi connectivity index (χ1) is 9.93. The van der Waals surface area contributed by atoms with Crippen LogP contribution >= 0.6 is 11.6 Å². The molecule has 0 amide bonds. The average Bonchev–Trinajstić information content (AvgIpc) is 2.47. The highest BCUT2D eigenvalue weighted by molar-refractivity contribution is 6.30. The number of halogens is 1. The molecule has 0 N–H and O–H groups in total. The number of methoxy groups -OCH3 is 1. The fourth-order valence-corrected chi connectivity index (χ4v) is 1.80. The number of nitrogens with zero attached hydrogens (tertiary/aromatic N) is 1. The van der Waals surface area contributed by atoms with Crippen LogP contribution in [0.15, 0.2) is 48.5 Å². The third kappa shape index (κ3) is 6.24. The van der Waals surface area contributed by atoms with E-state index in [2.05, 4.69) is 0 Å². The monoisotopic (exact) mass is 301 g/mol. The Morgan fingerprint density at radius 2 is 1.29 bits per heavy atom. The van der Waals surface area contributed by atoms with Crippen molar-refractivity contribution in [1.82, 2.24) is 4.90 Å². The van der Waals surface area contributed by atoms with E-state index < -0.39 is 0 Å². The molecule has 2 nitrogen and oxygen atoms in total. The van der Waals surface area contributed by atoms with Gasteiger partial charge in [-0.15, -0.1) is 0 Å². The molecule has 0 saturated carbocycles. The predicted octanol–water partition coefficient (Wildman–Crippen LogP) is 3.78. The molecule has 2 radical (unpaired) electrons. The maximum Gasteiger partial charge on any atom is 0.118 e. The first-order valence-electron chi connectivity index (χ1n) is 6.70. The van der Waals surface area contributed by atoms with E-state index in [1.807, 2.05) is 74.6 Å². The van der Waals surface area contributed by atoms with Gasteiger partial charge in [-0.2, -0.15) is 0 Å². The molecular formula is C17H21BClNO. The van der Waals surface area contributed by atoms with Gasteiger partial charge in [0.2, 0.25) is 0 Å². The number of hydrogen-bond donors (Lipinski definition) is 0. The zero-order valence-electron chi connectivity index (χ0n) is 13.0. The molecule has 1 atom stereocenters. The summed E-state index contributed by atoms with van der Waals surface area (Å²) < 4.78 is 5.11. The summed E-state index contributed by atoms with van der Waals surface area (Å²) in [4.78, 5) is 2.00. The molecule has 0 bridgehead atoms. The molecule has 21 heavy (non-hydrogen) atoms. The Kier molecular flexibility index (Phi) is 7.34. The summed E-state index contributed by atoms with van der Waals surface area (Å²) >= 11 is 5.84. The third-order valence-electron chi connectivity index (χ3n) is 2.70. The Bertz CT molecular complexity index is 523. The van der Waals surface area contributed by atoms with Crippen molar-refractivity contribution in [3.05, 3.63) is 64.7 Å². The molecule has 0 aliphatic rings. The first-order valence-corrected chi connectivity index (χ1v) is 7.07. The van der Waals surface area contributed by atoms with Crippen LogP contribution < -0.4 is 4.74 Å². The molecule has 110 valence electrons. The van der Waals surface area contributed by atoms with E-state index >= 15 is 0 Å². The van der Waals surface area contributed by atoms with Crippen LogP contribution in [0, 0.1) is 0 Å². The van der Waals surface area contributed by atoms with E-state index in [-0.39, 0.29) is 5.82 Å². The van der Waals surface area contributed by atoms with Gasteiger partial charge in [-0.1, -0.05) is 35.9 Å². The van der Waals surface area contributed by atoms with Crippen LogP contribution in [-0.2, 0) is 0 Å². The molecule has 4 heteroatoms. The summed E-state index contributed by atoms with van der Waals surface area (Å²) in [7, 11) is 13.8. The Morgan fingerprint density at radius 1 is 0.905 bits per heavy atom. The van der Waals surface area contributed by atoms with Crippen LogP contribution in [0.25, 0.3) is 0 Å². The summed E-state index contributed by atoms with van der Waals surface area (Å²) in [6.07, 6.45) is 0. The van der Waals surface area contributed by atoms with E-state index in [9.17, 15) is 0 Å². The summed E-state index contributed by atoms with van der Waals surface area (Å²) in [6, 6.07) is 15.3. The first kappa shape index (κ1) is 17.6. The topological polar surface area (TPSA) is 12.5 Å². The van der Waals surface area contributed by atoms with Gasteiger partial charge in [0.05, 0.1) is 15.0 Å². The SMILES string of the molecule is CN(C)C.[B]C(c1ccc(Cl)cc1)c1ccc(OC)cc1. The van der Waals surface area contributed by atoms with Crippen LogP contribution in [-0.4, -0.2) is 41.0 Å². The molecule has 2 rings (SSSR count). The van der Waals surface area contributed by atoms with Crippen molar-refractivity contribution in [1.29, 1.82) is 0 Å². The zero-order chi connectivity index (χ0) is 15.8. The fourth-order valence-electron chi connectivity index (χ4n) is 1.67. The normalized spacial score (nSPS) is 11.5. The number of hydrogen-bond acceptors (Lipinski definition) is 2. The lowest BCUT2D eigenvalue weighted by Crippen LogP contribution is -2.00. The Balaban J connectivity index is 0.000000491. The zero-order valence-corrected chi connectivity index (χ0v) is 13.8. The summed E-state index contributed by atoms with van der Waals surface area (Å²) in [5.74, 6) is 0.690. The number of ether oxygens (including phenoxy) is 1. The Hall–Kier alpha value is -1.45. The summed E-state index contributed by atoms with van der Waals surface area (Å²) in [5.41, 5.74) is 2.09. The van der Waals surface area contributed by atoms with Gasteiger partial charge < -0.3 is 9.64 Å². The predicted molar refractivity (Wildman–Crippen MR) is 91.7 cm³/mol. The van der Waals surface area contributed by atoms with E-state index in [1.54, 1.807) is 7.11 Å². The van der Waals surface area contributed by atoms with Crippen LogP contribution in [0.5, 0.6) is 5.75 Å². The van der Waals surface area contributed by atoms with Gasteiger partial charge in [-0.05, 0) is 62.4 Å². The lowest BCUT2D eigenvalue weighted by Gasteiger charge is -2.13. The molecule has 2 aromatic rings. The lowest BCUT2D eigenvalue weighted by atomic mass is 9.76. The minimum atomic E-state index is -0.141. The van der Waals surface area contributed by atoms with Crippen molar-refractivity contribution >= 4 is 19.4 Å². The van der Waals surface area contributed by atoms with Crippen LogP contribution in [0.2, 0.25) is 5.02 Å². The highest BCUT2D eigenvalue weighted by atomic mass is 35.5. The van der Waals surface area contributed by atoms with Gasteiger partial charge in [0, 0.05) is 5.02 Å². The van der Waals surface area contributed by atoms with Crippen molar-refractivity contribution in [2.24, 2.45) is 0 Å². The van der Waals surface area contributed by atoms with E-state index in [0.717, 1.165) is 21.9 Å². The molecule has 0 aliphatic carbocycles. The molecule has 2 aromatic carbocycles. The number of benzene rings is 2. The third-order valence-corrected chi connectivity index (χ3v) is 2.96.